The zero-order valence-corrected chi connectivity index (χ0v) is 13.0. The van der Waals surface area contributed by atoms with Crippen LogP contribution < -0.4 is 10.6 Å². The smallest absolute Gasteiger partial charge is 0.315 e. The monoisotopic (exact) mass is 307 g/mol. The molecule has 1 aromatic heterocycles. The minimum atomic E-state index is -0.107. The molecule has 114 valence electrons. The Kier molecular flexibility index (Phi) is 3.38. The number of ether oxygens (including phenoxy) is 1. The van der Waals surface area contributed by atoms with Gasteiger partial charge in [0, 0.05) is 11.3 Å². The molecule has 3 aliphatic rings. The van der Waals surface area contributed by atoms with Gasteiger partial charge in [-0.1, -0.05) is 0 Å². The van der Waals surface area contributed by atoms with Gasteiger partial charge in [0.15, 0.2) is 0 Å². The van der Waals surface area contributed by atoms with Crippen LogP contribution in [-0.4, -0.2) is 29.3 Å². The maximum atomic E-state index is 12.1. The van der Waals surface area contributed by atoms with Gasteiger partial charge in [0.1, 0.15) is 0 Å². The van der Waals surface area contributed by atoms with E-state index in [1.54, 1.807) is 11.3 Å². The molecule has 0 unspecified atom stereocenters. The molecule has 2 aliphatic heterocycles. The zero-order chi connectivity index (χ0) is 14.4. The van der Waals surface area contributed by atoms with E-state index in [2.05, 4.69) is 21.0 Å². The average Bonchev–Trinajstić information content (AvgIpc) is 2.90. The first-order valence-corrected chi connectivity index (χ1v) is 8.75. The summed E-state index contributed by atoms with van der Waals surface area (Å²) in [6, 6.07) is 0.0197. The molecule has 6 heteroatoms. The lowest BCUT2D eigenvalue weighted by Gasteiger charge is -2.21. The Morgan fingerprint density at radius 3 is 2.95 bits per heavy atom. The number of nitrogens with zero attached hydrogens (tertiary/aromatic N) is 1. The Morgan fingerprint density at radius 2 is 2.29 bits per heavy atom. The van der Waals surface area contributed by atoms with E-state index in [0.29, 0.717) is 12.0 Å². The quantitative estimate of drug-likeness (QED) is 0.899. The first-order valence-electron chi connectivity index (χ1n) is 7.87. The van der Waals surface area contributed by atoms with Crippen LogP contribution in [0.25, 0.3) is 0 Å². The molecule has 5 nitrogen and oxygen atoms in total. The van der Waals surface area contributed by atoms with Gasteiger partial charge in [-0.15, -0.1) is 11.3 Å². The van der Waals surface area contributed by atoms with E-state index >= 15 is 0 Å². The Bertz CT molecular complexity index is 543. The number of hydrogen-bond acceptors (Lipinski definition) is 4. The van der Waals surface area contributed by atoms with E-state index < -0.39 is 0 Å². The highest BCUT2D eigenvalue weighted by atomic mass is 32.1. The Balaban J connectivity index is 1.30. The molecular formula is C15H21N3O2S. The number of aromatic nitrogens is 1. The predicted molar refractivity (Wildman–Crippen MR) is 80.5 cm³/mol. The molecule has 1 aliphatic carbocycles. The maximum absolute atomic E-state index is 12.1. The van der Waals surface area contributed by atoms with Crippen LogP contribution >= 0.6 is 11.3 Å². The fourth-order valence-electron chi connectivity index (χ4n) is 3.29. The van der Waals surface area contributed by atoms with Gasteiger partial charge in [0.25, 0.3) is 0 Å². The highest BCUT2D eigenvalue weighted by Crippen LogP contribution is 2.41. The number of nitrogens with one attached hydrogen (secondary N) is 2. The van der Waals surface area contributed by atoms with Gasteiger partial charge in [-0.25, -0.2) is 9.78 Å². The summed E-state index contributed by atoms with van der Waals surface area (Å²) in [5, 5.41) is 9.34. The van der Waals surface area contributed by atoms with E-state index in [4.69, 9.17) is 4.74 Å². The molecule has 3 fully saturated rings. The number of carbonyl (C=O) groups is 1. The lowest BCUT2D eigenvalue weighted by molar-refractivity contribution is 0.0980. The molecule has 0 aromatic carbocycles. The molecule has 4 rings (SSSR count). The standard InChI is InChI=1S/C15H21N3O2S/c1-8(12-7-21-14(17-12)9-2-3-9)16-15(19)18-11-6-10-4-5-13(11)20-10/h7-11,13H,2-6H2,1H3,(H2,16,18,19)/t8-,10+,11+,13+/m0/s1. The molecule has 1 aromatic rings. The van der Waals surface area contributed by atoms with Crippen molar-refractivity contribution in [1.82, 2.24) is 15.6 Å². The second-order valence-corrected chi connectivity index (χ2v) is 7.33. The van der Waals surface area contributed by atoms with Crippen molar-refractivity contribution in [3.8, 4) is 0 Å². The van der Waals surface area contributed by atoms with Crippen molar-refractivity contribution in [3.63, 3.8) is 0 Å². The van der Waals surface area contributed by atoms with E-state index in [0.717, 1.165) is 25.0 Å². The van der Waals surface area contributed by atoms with E-state index in [-0.39, 0.29) is 24.2 Å². The summed E-state index contributed by atoms with van der Waals surface area (Å²) >= 11 is 1.72. The van der Waals surface area contributed by atoms with Crippen molar-refractivity contribution in [2.24, 2.45) is 0 Å². The van der Waals surface area contributed by atoms with Crippen molar-refractivity contribution >= 4 is 17.4 Å². The molecular weight excluding hydrogens is 286 g/mol. The summed E-state index contributed by atoms with van der Waals surface area (Å²) in [5.74, 6) is 0.677. The summed E-state index contributed by atoms with van der Waals surface area (Å²) < 4.78 is 5.76. The number of carbonyl (C=O) groups excluding carboxylic acids is 1. The highest BCUT2D eigenvalue weighted by molar-refractivity contribution is 7.09. The van der Waals surface area contributed by atoms with Crippen molar-refractivity contribution in [2.75, 3.05) is 0 Å². The van der Waals surface area contributed by atoms with Crippen LogP contribution in [0.1, 0.15) is 61.7 Å². The van der Waals surface area contributed by atoms with Crippen LogP contribution in [-0.2, 0) is 4.74 Å². The third-order valence-corrected chi connectivity index (χ3v) is 5.71. The fraction of sp³-hybridized carbons (Fsp3) is 0.733. The minimum Gasteiger partial charge on any atom is -0.373 e. The van der Waals surface area contributed by atoms with Crippen LogP contribution in [0.4, 0.5) is 4.79 Å². The molecule has 2 saturated heterocycles. The third-order valence-electron chi connectivity index (χ3n) is 4.68. The number of thiazole rings is 1. The fourth-order valence-corrected chi connectivity index (χ4v) is 4.37. The number of rotatable bonds is 4. The van der Waals surface area contributed by atoms with Crippen LogP contribution in [0.5, 0.6) is 0 Å². The topological polar surface area (TPSA) is 63.2 Å². The van der Waals surface area contributed by atoms with Crippen LogP contribution in [0.2, 0.25) is 0 Å². The van der Waals surface area contributed by atoms with Gasteiger partial charge < -0.3 is 15.4 Å². The summed E-state index contributed by atoms with van der Waals surface area (Å²) in [4.78, 5) is 16.8. The van der Waals surface area contributed by atoms with Gasteiger partial charge in [-0.2, -0.15) is 0 Å². The molecule has 21 heavy (non-hydrogen) atoms. The average molecular weight is 307 g/mol. The first-order chi connectivity index (χ1) is 10.2. The highest BCUT2D eigenvalue weighted by Gasteiger charge is 2.41. The van der Waals surface area contributed by atoms with E-state index in [1.807, 2.05) is 6.92 Å². The lowest BCUT2D eigenvalue weighted by atomic mass is 9.96. The predicted octanol–water partition coefficient (Wildman–Crippen LogP) is 2.70. The second kappa shape index (κ2) is 5.25. The van der Waals surface area contributed by atoms with Gasteiger partial charge in [0.05, 0.1) is 35.0 Å². The van der Waals surface area contributed by atoms with E-state index in [9.17, 15) is 4.79 Å². The SMILES string of the molecule is C[C@H](NC(=O)N[C@@H]1C[C@H]2CC[C@H]1O2)c1csc(C2CC2)n1. The summed E-state index contributed by atoms with van der Waals surface area (Å²) in [6.07, 6.45) is 6.27. The van der Waals surface area contributed by atoms with E-state index in [1.165, 1.54) is 17.8 Å². The number of fused-ring (bicyclic) bond motifs is 2. The van der Waals surface area contributed by atoms with Crippen molar-refractivity contribution in [2.45, 2.75) is 69.2 Å². The summed E-state index contributed by atoms with van der Waals surface area (Å²) in [7, 11) is 0. The number of urea groups is 1. The molecule has 2 N–H and O–H groups in total. The summed E-state index contributed by atoms with van der Waals surface area (Å²) in [5.41, 5.74) is 0.973. The van der Waals surface area contributed by atoms with Crippen LogP contribution in [0.3, 0.4) is 0 Å². The molecule has 4 atom stereocenters. The third kappa shape index (κ3) is 2.79. The minimum absolute atomic E-state index is 0.0479. The van der Waals surface area contributed by atoms with Gasteiger partial charge in [-0.05, 0) is 39.0 Å². The number of hydrogen-bond donors (Lipinski definition) is 2. The summed E-state index contributed by atoms with van der Waals surface area (Å²) in [6.45, 7) is 1.99. The number of amides is 2. The normalized spacial score (nSPS) is 32.1. The zero-order valence-electron chi connectivity index (χ0n) is 12.2. The Labute approximate surface area is 128 Å². The molecule has 2 amide bonds. The molecule has 2 bridgehead atoms. The maximum Gasteiger partial charge on any atom is 0.315 e. The largest absolute Gasteiger partial charge is 0.373 e. The van der Waals surface area contributed by atoms with Crippen molar-refractivity contribution in [3.05, 3.63) is 16.1 Å². The van der Waals surface area contributed by atoms with Gasteiger partial charge >= 0.3 is 6.03 Å². The van der Waals surface area contributed by atoms with Crippen LogP contribution in [0.15, 0.2) is 5.38 Å². The Morgan fingerprint density at radius 1 is 1.43 bits per heavy atom. The lowest BCUT2D eigenvalue weighted by Crippen LogP contribution is -2.46. The van der Waals surface area contributed by atoms with Gasteiger partial charge in [-0.3, -0.25) is 0 Å². The molecule has 0 spiro atoms. The Hall–Kier alpha value is -1.14. The molecule has 1 saturated carbocycles. The van der Waals surface area contributed by atoms with Crippen molar-refractivity contribution < 1.29 is 9.53 Å². The van der Waals surface area contributed by atoms with Crippen LogP contribution in [0, 0.1) is 0 Å². The van der Waals surface area contributed by atoms with Gasteiger partial charge in [0.2, 0.25) is 0 Å². The molecule has 3 heterocycles. The molecule has 0 radical (unpaired) electrons. The first kappa shape index (κ1) is 13.5. The second-order valence-electron chi connectivity index (χ2n) is 6.44. The van der Waals surface area contributed by atoms with Crippen molar-refractivity contribution in [1.29, 1.82) is 0 Å².